The Labute approximate surface area is 119 Å². The average molecular weight is 272 g/mol. The van der Waals surface area contributed by atoms with Crippen molar-refractivity contribution in [3.05, 3.63) is 40.8 Å². The van der Waals surface area contributed by atoms with Crippen molar-refractivity contribution in [1.29, 1.82) is 0 Å². The molecule has 0 spiro atoms. The number of aromatic nitrogens is 3. The number of aryl methyl sites for hydroxylation is 2. The van der Waals surface area contributed by atoms with Crippen LogP contribution in [0.2, 0.25) is 0 Å². The lowest BCUT2D eigenvalue weighted by Crippen LogP contribution is -2.31. The first-order valence-electron chi connectivity index (χ1n) is 7.23. The summed E-state index contributed by atoms with van der Waals surface area (Å²) in [4.78, 5) is 11.5. The van der Waals surface area contributed by atoms with Crippen LogP contribution in [-0.2, 0) is 25.9 Å². The number of fused-ring (bicyclic) bond motifs is 1. The van der Waals surface area contributed by atoms with E-state index < -0.39 is 0 Å². The van der Waals surface area contributed by atoms with Gasteiger partial charge < -0.3 is 4.52 Å². The molecule has 0 aliphatic carbocycles. The Morgan fingerprint density at radius 3 is 3.05 bits per heavy atom. The van der Waals surface area contributed by atoms with Crippen LogP contribution < -0.4 is 0 Å². The van der Waals surface area contributed by atoms with E-state index in [1.807, 2.05) is 19.2 Å². The maximum Gasteiger partial charge on any atom is 0.133 e. The Hall–Kier alpha value is -1.75. The summed E-state index contributed by atoms with van der Waals surface area (Å²) in [5, 5.41) is 4.06. The summed E-state index contributed by atoms with van der Waals surface area (Å²) in [6.07, 6.45) is 5.06. The average Bonchev–Trinajstić information content (AvgIpc) is 2.84. The zero-order chi connectivity index (χ0) is 13.9. The first-order valence-corrected chi connectivity index (χ1v) is 7.23. The zero-order valence-corrected chi connectivity index (χ0v) is 12.1. The van der Waals surface area contributed by atoms with Crippen LogP contribution in [0.25, 0.3) is 0 Å². The van der Waals surface area contributed by atoms with Gasteiger partial charge in [-0.1, -0.05) is 12.1 Å². The standard InChI is InChI=1S/C15H20N4O/c1-3-4-15-16-8-12-5-6-19(10-14(12)17-15)9-13-7-11(2)20-18-13/h7-8H,3-6,9-10H2,1-2H3. The number of hydrogen-bond donors (Lipinski definition) is 0. The van der Waals surface area contributed by atoms with Crippen molar-refractivity contribution in [2.45, 2.75) is 46.2 Å². The van der Waals surface area contributed by atoms with Gasteiger partial charge in [0.05, 0.1) is 11.4 Å². The molecule has 106 valence electrons. The largest absolute Gasteiger partial charge is 0.361 e. The lowest BCUT2D eigenvalue weighted by molar-refractivity contribution is 0.232. The van der Waals surface area contributed by atoms with Crippen LogP contribution in [0.1, 0.15) is 41.9 Å². The summed E-state index contributed by atoms with van der Waals surface area (Å²) in [7, 11) is 0. The van der Waals surface area contributed by atoms with Crippen LogP contribution in [-0.4, -0.2) is 26.6 Å². The van der Waals surface area contributed by atoms with Gasteiger partial charge in [-0.05, 0) is 25.3 Å². The first kappa shape index (κ1) is 13.2. The van der Waals surface area contributed by atoms with Gasteiger partial charge in [-0.15, -0.1) is 0 Å². The summed E-state index contributed by atoms with van der Waals surface area (Å²) >= 11 is 0. The molecule has 3 heterocycles. The Morgan fingerprint density at radius 1 is 1.40 bits per heavy atom. The van der Waals surface area contributed by atoms with Gasteiger partial charge in [-0.2, -0.15) is 0 Å². The third kappa shape index (κ3) is 2.88. The van der Waals surface area contributed by atoms with Gasteiger partial charge in [0.1, 0.15) is 11.6 Å². The predicted octanol–water partition coefficient (Wildman–Crippen LogP) is 2.28. The third-order valence-corrected chi connectivity index (χ3v) is 3.61. The van der Waals surface area contributed by atoms with Crippen LogP contribution in [0, 0.1) is 6.92 Å². The minimum Gasteiger partial charge on any atom is -0.361 e. The van der Waals surface area contributed by atoms with Gasteiger partial charge >= 0.3 is 0 Å². The van der Waals surface area contributed by atoms with Crippen molar-refractivity contribution in [3.8, 4) is 0 Å². The fourth-order valence-electron chi connectivity index (χ4n) is 2.60. The van der Waals surface area contributed by atoms with Crippen molar-refractivity contribution < 1.29 is 4.52 Å². The fraction of sp³-hybridized carbons (Fsp3) is 0.533. The second-order valence-corrected chi connectivity index (χ2v) is 5.40. The molecule has 1 aliphatic heterocycles. The summed E-state index contributed by atoms with van der Waals surface area (Å²) < 4.78 is 5.12. The molecule has 0 fully saturated rings. The molecule has 2 aromatic rings. The molecule has 0 saturated carbocycles. The van der Waals surface area contributed by atoms with E-state index in [2.05, 4.69) is 22.0 Å². The van der Waals surface area contributed by atoms with Crippen LogP contribution in [0.4, 0.5) is 0 Å². The highest BCUT2D eigenvalue weighted by Gasteiger charge is 2.19. The van der Waals surface area contributed by atoms with E-state index in [-0.39, 0.29) is 0 Å². The molecule has 0 aromatic carbocycles. The Bertz CT molecular complexity index is 593. The predicted molar refractivity (Wildman–Crippen MR) is 75.1 cm³/mol. The van der Waals surface area contributed by atoms with Crippen LogP contribution in [0.3, 0.4) is 0 Å². The van der Waals surface area contributed by atoms with Gasteiger partial charge in [0.25, 0.3) is 0 Å². The van der Waals surface area contributed by atoms with E-state index in [1.165, 1.54) is 11.3 Å². The minimum absolute atomic E-state index is 0.823. The quantitative estimate of drug-likeness (QED) is 0.854. The number of nitrogens with zero attached hydrogens (tertiary/aromatic N) is 4. The second-order valence-electron chi connectivity index (χ2n) is 5.40. The van der Waals surface area contributed by atoms with Gasteiger partial charge in [0, 0.05) is 38.3 Å². The van der Waals surface area contributed by atoms with Crippen molar-refractivity contribution in [2.24, 2.45) is 0 Å². The minimum atomic E-state index is 0.823. The van der Waals surface area contributed by atoms with Crippen molar-refractivity contribution in [2.75, 3.05) is 6.54 Å². The first-order chi connectivity index (χ1) is 9.74. The monoisotopic (exact) mass is 272 g/mol. The Kier molecular flexibility index (Phi) is 3.78. The molecular formula is C15H20N4O. The second kappa shape index (κ2) is 5.71. The third-order valence-electron chi connectivity index (χ3n) is 3.61. The maximum atomic E-state index is 5.12. The molecule has 0 N–H and O–H groups in total. The van der Waals surface area contributed by atoms with Crippen molar-refractivity contribution in [3.63, 3.8) is 0 Å². The summed E-state index contributed by atoms with van der Waals surface area (Å²) in [5.74, 6) is 1.83. The van der Waals surface area contributed by atoms with Crippen LogP contribution in [0.5, 0.6) is 0 Å². The number of rotatable bonds is 4. The van der Waals surface area contributed by atoms with E-state index >= 15 is 0 Å². The van der Waals surface area contributed by atoms with E-state index in [9.17, 15) is 0 Å². The maximum absolute atomic E-state index is 5.12. The highest BCUT2D eigenvalue weighted by atomic mass is 16.5. The molecule has 0 atom stereocenters. The van der Waals surface area contributed by atoms with E-state index in [0.717, 1.165) is 56.2 Å². The summed E-state index contributed by atoms with van der Waals surface area (Å²) in [6.45, 7) is 6.80. The molecule has 2 aromatic heterocycles. The topological polar surface area (TPSA) is 55.1 Å². The fourth-order valence-corrected chi connectivity index (χ4v) is 2.60. The molecule has 0 radical (unpaired) electrons. The van der Waals surface area contributed by atoms with E-state index in [0.29, 0.717) is 0 Å². The lowest BCUT2D eigenvalue weighted by Gasteiger charge is -2.27. The smallest absolute Gasteiger partial charge is 0.133 e. The molecule has 0 amide bonds. The van der Waals surface area contributed by atoms with Gasteiger partial charge in [-0.25, -0.2) is 9.97 Å². The highest BCUT2D eigenvalue weighted by molar-refractivity contribution is 5.21. The van der Waals surface area contributed by atoms with Crippen LogP contribution in [0.15, 0.2) is 16.8 Å². The SMILES string of the molecule is CCCc1ncc2c(n1)CN(Cc1cc(C)on1)CC2. The van der Waals surface area contributed by atoms with E-state index in [4.69, 9.17) is 9.51 Å². The molecule has 0 saturated heterocycles. The highest BCUT2D eigenvalue weighted by Crippen LogP contribution is 2.18. The molecule has 1 aliphatic rings. The molecular weight excluding hydrogens is 252 g/mol. The van der Waals surface area contributed by atoms with Crippen LogP contribution >= 0.6 is 0 Å². The molecule has 0 bridgehead atoms. The Balaban J connectivity index is 1.71. The molecule has 0 unspecified atom stereocenters. The zero-order valence-electron chi connectivity index (χ0n) is 12.1. The molecule has 5 heteroatoms. The lowest BCUT2D eigenvalue weighted by atomic mass is 10.1. The number of hydrogen-bond acceptors (Lipinski definition) is 5. The summed E-state index contributed by atoms with van der Waals surface area (Å²) in [6, 6.07) is 2.00. The molecule has 5 nitrogen and oxygen atoms in total. The van der Waals surface area contributed by atoms with Gasteiger partial charge in [0.15, 0.2) is 0 Å². The van der Waals surface area contributed by atoms with Gasteiger partial charge in [0.2, 0.25) is 0 Å². The Morgan fingerprint density at radius 2 is 2.30 bits per heavy atom. The van der Waals surface area contributed by atoms with Crippen molar-refractivity contribution in [1.82, 2.24) is 20.0 Å². The normalized spacial score (nSPS) is 15.3. The van der Waals surface area contributed by atoms with Crippen molar-refractivity contribution >= 4 is 0 Å². The van der Waals surface area contributed by atoms with E-state index in [1.54, 1.807) is 0 Å². The molecule has 20 heavy (non-hydrogen) atoms. The molecule has 3 rings (SSSR count). The van der Waals surface area contributed by atoms with Gasteiger partial charge in [-0.3, -0.25) is 4.90 Å². The summed E-state index contributed by atoms with van der Waals surface area (Å²) in [5.41, 5.74) is 3.46.